The monoisotopic (exact) mass is 817 g/mol. The molecule has 57 heavy (non-hydrogen) atoms. The van der Waals surface area contributed by atoms with Crippen molar-refractivity contribution in [2.75, 3.05) is 19.8 Å². The van der Waals surface area contributed by atoms with Gasteiger partial charge in [0.05, 0.1) is 19.8 Å². The molecule has 0 aromatic heterocycles. The fraction of sp³-hybridized carbons (Fsp3) is 0.867. The van der Waals surface area contributed by atoms with E-state index in [4.69, 9.17) is 28.4 Å². The highest BCUT2D eigenvalue weighted by Crippen LogP contribution is 2.12. The van der Waals surface area contributed by atoms with E-state index in [-0.39, 0.29) is 12.4 Å². The lowest BCUT2D eigenvalue weighted by molar-refractivity contribution is -0.168. The molecule has 0 aliphatic heterocycles. The Kier molecular flexibility index (Phi) is 44.8. The predicted molar refractivity (Wildman–Crippen MR) is 224 cm³/mol. The minimum Gasteiger partial charge on any atom is -0.463 e. The van der Waals surface area contributed by atoms with Gasteiger partial charge in [-0.1, -0.05) is 151 Å². The Balaban J connectivity index is -0.000000782. The maximum Gasteiger partial charge on any atom is 0.347 e. The van der Waals surface area contributed by atoms with Gasteiger partial charge in [0.1, 0.15) is 0 Å². The lowest BCUT2D eigenvalue weighted by Gasteiger charge is -2.15. The van der Waals surface area contributed by atoms with Crippen LogP contribution >= 0.6 is 0 Å². The van der Waals surface area contributed by atoms with Gasteiger partial charge in [0.25, 0.3) is 0 Å². The summed E-state index contributed by atoms with van der Waals surface area (Å²) in [5.41, 5.74) is 0. The summed E-state index contributed by atoms with van der Waals surface area (Å²) in [5, 5.41) is 0. The van der Waals surface area contributed by atoms with E-state index in [1.165, 1.54) is 65.2 Å². The van der Waals surface area contributed by atoms with Crippen LogP contribution in [0.15, 0.2) is 0 Å². The van der Waals surface area contributed by atoms with Crippen LogP contribution in [-0.2, 0) is 57.2 Å². The number of esters is 6. The van der Waals surface area contributed by atoms with E-state index >= 15 is 0 Å². The summed E-state index contributed by atoms with van der Waals surface area (Å²) in [6.07, 6.45) is 22.3. The average molecular weight is 817 g/mol. The first kappa shape index (κ1) is 58.1. The van der Waals surface area contributed by atoms with E-state index in [1.807, 2.05) is 13.8 Å². The fourth-order valence-corrected chi connectivity index (χ4v) is 5.28. The van der Waals surface area contributed by atoms with Crippen LogP contribution in [0.2, 0.25) is 0 Å². The highest BCUT2D eigenvalue weighted by molar-refractivity contribution is 5.80. The van der Waals surface area contributed by atoms with Crippen molar-refractivity contribution < 1.29 is 57.2 Å². The van der Waals surface area contributed by atoms with Crippen molar-refractivity contribution in [1.82, 2.24) is 0 Å². The SMILES string of the molecule is CCCCCCC(OC(C)=O)C(=O)OCCCC.CCCCCCCCCCCCOC(=O)C(CC)OC(=O)CC.CCCCCCOC(=O)C(CC)OC(C)=O. The second-order valence-electron chi connectivity index (χ2n) is 14.3. The lowest BCUT2D eigenvalue weighted by atomic mass is 10.1. The van der Waals surface area contributed by atoms with Crippen molar-refractivity contribution in [2.24, 2.45) is 0 Å². The quantitative estimate of drug-likeness (QED) is 0.0351. The summed E-state index contributed by atoms with van der Waals surface area (Å²) in [7, 11) is 0. The van der Waals surface area contributed by atoms with Gasteiger partial charge in [-0.3, -0.25) is 14.4 Å². The van der Waals surface area contributed by atoms with E-state index in [0.29, 0.717) is 39.1 Å². The van der Waals surface area contributed by atoms with Crippen LogP contribution in [-0.4, -0.2) is 73.9 Å². The molecule has 0 aliphatic carbocycles. The van der Waals surface area contributed by atoms with E-state index < -0.39 is 48.2 Å². The predicted octanol–water partition coefficient (Wildman–Crippen LogP) is 10.9. The van der Waals surface area contributed by atoms with E-state index in [0.717, 1.165) is 77.0 Å². The normalized spacial score (nSPS) is 11.9. The average Bonchev–Trinajstić information content (AvgIpc) is 3.19. The molecule has 0 rings (SSSR count). The van der Waals surface area contributed by atoms with Crippen molar-refractivity contribution in [3.63, 3.8) is 0 Å². The van der Waals surface area contributed by atoms with Gasteiger partial charge in [-0.25, -0.2) is 14.4 Å². The fourth-order valence-electron chi connectivity index (χ4n) is 5.28. The molecule has 12 nitrogen and oxygen atoms in total. The van der Waals surface area contributed by atoms with Gasteiger partial charge in [-0.05, 0) is 44.9 Å². The van der Waals surface area contributed by atoms with Gasteiger partial charge in [-0.15, -0.1) is 0 Å². The van der Waals surface area contributed by atoms with E-state index in [2.05, 4.69) is 20.8 Å². The van der Waals surface area contributed by atoms with Crippen LogP contribution in [0.3, 0.4) is 0 Å². The summed E-state index contributed by atoms with van der Waals surface area (Å²) in [5.74, 6) is -2.49. The van der Waals surface area contributed by atoms with Crippen LogP contribution in [0, 0.1) is 0 Å². The van der Waals surface area contributed by atoms with Gasteiger partial charge in [0, 0.05) is 20.3 Å². The zero-order chi connectivity index (χ0) is 43.5. The maximum absolute atomic E-state index is 11.8. The molecular weight excluding hydrogens is 732 g/mol. The molecule has 0 amide bonds. The smallest absolute Gasteiger partial charge is 0.347 e. The van der Waals surface area contributed by atoms with Crippen molar-refractivity contribution in [1.29, 1.82) is 0 Å². The van der Waals surface area contributed by atoms with Crippen LogP contribution in [0.25, 0.3) is 0 Å². The Morgan fingerprint density at radius 2 is 0.684 bits per heavy atom. The van der Waals surface area contributed by atoms with Crippen LogP contribution in [0.1, 0.15) is 216 Å². The minimum atomic E-state index is -0.747. The first-order valence-electron chi connectivity index (χ1n) is 22.4. The zero-order valence-corrected chi connectivity index (χ0v) is 37.7. The molecule has 3 unspecified atom stereocenters. The summed E-state index contributed by atoms with van der Waals surface area (Å²) in [6, 6.07) is 0. The second kappa shape index (κ2) is 43.9. The zero-order valence-electron chi connectivity index (χ0n) is 37.7. The number of carbonyl (C=O) groups excluding carboxylic acids is 6. The molecule has 0 aromatic carbocycles. The number of hydrogen-bond acceptors (Lipinski definition) is 12. The Bertz CT molecular complexity index is 999. The van der Waals surface area contributed by atoms with Crippen molar-refractivity contribution in [3.8, 4) is 0 Å². The first-order valence-corrected chi connectivity index (χ1v) is 22.4. The van der Waals surface area contributed by atoms with Crippen LogP contribution < -0.4 is 0 Å². The lowest BCUT2D eigenvalue weighted by Crippen LogP contribution is -2.28. The molecule has 12 heteroatoms. The first-order chi connectivity index (χ1) is 27.4. The third kappa shape index (κ3) is 40.8. The number of ether oxygens (including phenoxy) is 6. The van der Waals surface area contributed by atoms with Gasteiger partial charge in [0.15, 0.2) is 18.3 Å². The standard InChI is InChI=1S/C19H36O4.C14H26O4.C12H22O4/c1-4-7-8-9-10-11-12-13-14-15-16-22-19(21)17(5-2)23-18(20)6-3;1-4-6-8-9-10-13(18-12(3)15)14(16)17-11-7-5-2;1-4-6-7-8-9-15-12(14)11(5-2)16-10(3)13/h17H,4-16H2,1-3H3;13H,4-11H2,1-3H3;11H,4-9H2,1-3H3. The molecule has 0 fully saturated rings. The molecule has 0 aromatic rings. The van der Waals surface area contributed by atoms with E-state index in [1.54, 1.807) is 13.8 Å². The van der Waals surface area contributed by atoms with Crippen molar-refractivity contribution in [2.45, 2.75) is 235 Å². The summed E-state index contributed by atoms with van der Waals surface area (Å²) < 4.78 is 30.2. The third-order valence-electron chi connectivity index (χ3n) is 8.76. The summed E-state index contributed by atoms with van der Waals surface area (Å²) >= 11 is 0. The number of rotatable bonds is 33. The van der Waals surface area contributed by atoms with Crippen LogP contribution in [0.5, 0.6) is 0 Å². The molecular formula is C45H84O12. The highest BCUT2D eigenvalue weighted by Gasteiger charge is 2.23. The van der Waals surface area contributed by atoms with Crippen molar-refractivity contribution >= 4 is 35.8 Å². The Hall–Kier alpha value is -3.18. The Labute approximate surface area is 346 Å². The second-order valence-corrected chi connectivity index (χ2v) is 14.3. The van der Waals surface area contributed by atoms with Gasteiger partial charge in [0.2, 0.25) is 0 Å². The molecule has 0 saturated heterocycles. The van der Waals surface area contributed by atoms with Crippen molar-refractivity contribution in [3.05, 3.63) is 0 Å². The maximum atomic E-state index is 11.8. The van der Waals surface area contributed by atoms with Crippen LogP contribution in [0.4, 0.5) is 0 Å². The van der Waals surface area contributed by atoms with E-state index in [9.17, 15) is 28.8 Å². The molecule has 0 spiro atoms. The number of carbonyl (C=O) groups is 6. The molecule has 0 saturated carbocycles. The summed E-state index contributed by atoms with van der Waals surface area (Å²) in [6.45, 7) is 17.7. The minimum absolute atomic E-state index is 0.280. The Morgan fingerprint density at radius 1 is 0.368 bits per heavy atom. The molecule has 336 valence electrons. The molecule has 3 atom stereocenters. The van der Waals surface area contributed by atoms with Gasteiger partial charge >= 0.3 is 35.8 Å². The molecule has 0 aliphatic rings. The topological polar surface area (TPSA) is 158 Å². The molecule has 0 bridgehead atoms. The van der Waals surface area contributed by atoms with Gasteiger partial charge < -0.3 is 28.4 Å². The molecule has 0 N–H and O–H groups in total. The molecule has 0 radical (unpaired) electrons. The van der Waals surface area contributed by atoms with Gasteiger partial charge in [-0.2, -0.15) is 0 Å². The largest absolute Gasteiger partial charge is 0.463 e. The molecule has 0 heterocycles. The third-order valence-corrected chi connectivity index (χ3v) is 8.76. The number of hydrogen-bond donors (Lipinski definition) is 0. The summed E-state index contributed by atoms with van der Waals surface area (Å²) in [4.78, 5) is 67.8. The Morgan fingerprint density at radius 3 is 1.07 bits per heavy atom. The highest BCUT2D eigenvalue weighted by atomic mass is 16.6. The number of unbranched alkanes of at least 4 members (excludes halogenated alkanes) is 16.